The molecule has 1 atom stereocenters. The second kappa shape index (κ2) is 16.0. The number of halogens is 2. The zero-order chi connectivity index (χ0) is 34.4. The summed E-state index contributed by atoms with van der Waals surface area (Å²) in [6.45, 7) is 1.01. The Morgan fingerprint density at radius 3 is 2.50 bits per heavy atom. The number of carbonyl (C=O) groups is 4. The molecule has 2 aromatic carbocycles. The van der Waals surface area contributed by atoms with Crippen molar-refractivity contribution in [1.82, 2.24) is 14.4 Å². The van der Waals surface area contributed by atoms with E-state index in [2.05, 4.69) is 5.32 Å². The number of hydrogen-bond donors (Lipinski definition) is 1. The van der Waals surface area contributed by atoms with Crippen molar-refractivity contribution in [2.45, 2.75) is 57.5 Å². The molecule has 0 bridgehead atoms. The van der Waals surface area contributed by atoms with Crippen LogP contribution in [-0.2, 0) is 42.1 Å². The zero-order valence-corrected chi connectivity index (χ0v) is 28.3. The summed E-state index contributed by atoms with van der Waals surface area (Å²) in [4.78, 5) is 54.0. The monoisotopic (exact) mass is 684 g/mol. The van der Waals surface area contributed by atoms with Crippen molar-refractivity contribution < 1.29 is 37.8 Å². The maximum absolute atomic E-state index is 15.1. The summed E-state index contributed by atoms with van der Waals surface area (Å²) < 4.78 is 34.0. The van der Waals surface area contributed by atoms with E-state index in [1.807, 2.05) is 40.8 Å². The van der Waals surface area contributed by atoms with E-state index in [0.29, 0.717) is 31.2 Å². The largest absolute Gasteiger partial charge is 0.469 e. The molecule has 1 N–H and O–H groups in total. The molecule has 2 aliphatic rings. The van der Waals surface area contributed by atoms with Crippen molar-refractivity contribution in [3.63, 3.8) is 0 Å². The Hall–Kier alpha value is -3.84. The number of benzene rings is 2. The van der Waals surface area contributed by atoms with Gasteiger partial charge in [0.1, 0.15) is 12.4 Å². The van der Waals surface area contributed by atoms with Gasteiger partial charge in [0, 0.05) is 50.7 Å². The first kappa shape index (κ1) is 35.5. The predicted molar refractivity (Wildman–Crippen MR) is 178 cm³/mol. The van der Waals surface area contributed by atoms with Gasteiger partial charge in [-0.25, -0.2) is 4.39 Å². The summed E-state index contributed by atoms with van der Waals surface area (Å²) in [6.07, 6.45) is 5.29. The molecule has 1 aliphatic heterocycles. The van der Waals surface area contributed by atoms with Gasteiger partial charge in [-0.2, -0.15) is 0 Å². The minimum absolute atomic E-state index is 0.0506. The van der Waals surface area contributed by atoms with Crippen LogP contribution in [0.2, 0.25) is 5.02 Å². The van der Waals surface area contributed by atoms with Crippen LogP contribution in [0.15, 0.2) is 42.6 Å². The van der Waals surface area contributed by atoms with Gasteiger partial charge < -0.3 is 29.0 Å². The Bertz CT molecular complexity index is 1650. The highest BCUT2D eigenvalue weighted by molar-refractivity contribution is 6.34. The lowest BCUT2D eigenvalue weighted by Crippen LogP contribution is -2.44. The van der Waals surface area contributed by atoms with Crippen molar-refractivity contribution in [3.8, 4) is 0 Å². The fourth-order valence-corrected chi connectivity index (χ4v) is 6.59. The fraction of sp³-hybridized carbons (Fsp3) is 0.486. The number of fused-ring (bicyclic) bond motifs is 1. The molecule has 2 amide bonds. The maximum atomic E-state index is 15.1. The molecule has 0 radical (unpaired) electrons. The second-order valence-electron chi connectivity index (χ2n) is 12.5. The van der Waals surface area contributed by atoms with Crippen LogP contribution in [0.5, 0.6) is 0 Å². The molecule has 1 aliphatic carbocycles. The van der Waals surface area contributed by atoms with E-state index in [1.54, 1.807) is 6.20 Å². The number of aryl methyl sites for hydroxylation is 1. The number of para-hydroxylation sites is 1. The normalized spacial score (nSPS) is 18.9. The van der Waals surface area contributed by atoms with Crippen molar-refractivity contribution in [2.75, 3.05) is 45.7 Å². The van der Waals surface area contributed by atoms with Gasteiger partial charge in [-0.1, -0.05) is 29.8 Å². The Morgan fingerprint density at radius 2 is 1.79 bits per heavy atom. The van der Waals surface area contributed by atoms with Crippen LogP contribution in [0.3, 0.4) is 0 Å². The number of methoxy groups -OCH3 is 1. The lowest BCUT2D eigenvalue weighted by atomic mass is 9.87. The van der Waals surface area contributed by atoms with Crippen LogP contribution in [0.1, 0.15) is 54.4 Å². The second-order valence-corrected chi connectivity index (χ2v) is 12.9. The zero-order valence-electron chi connectivity index (χ0n) is 27.5. The van der Waals surface area contributed by atoms with Crippen LogP contribution >= 0.6 is 11.6 Å². The average Bonchev–Trinajstić information content (AvgIpc) is 3.73. The molecular formula is C35H42ClFN4O7. The lowest BCUT2D eigenvalue weighted by molar-refractivity contribution is -0.245. The number of nitrogens with zero attached hydrogens (tertiary/aromatic N) is 3. The first-order valence-electron chi connectivity index (χ1n) is 16.2. The smallest absolute Gasteiger partial charge is 0.308 e. The fourth-order valence-electron chi connectivity index (χ4n) is 6.35. The molecule has 2 heterocycles. The average molecular weight is 685 g/mol. The van der Waals surface area contributed by atoms with Crippen LogP contribution in [0.4, 0.5) is 10.1 Å². The number of hydrogen-bond acceptors (Lipinski definition) is 8. The number of carbonyl (C=O) groups excluding carboxylic acids is 4. The summed E-state index contributed by atoms with van der Waals surface area (Å²) in [5.41, 5.74) is 1.43. The summed E-state index contributed by atoms with van der Waals surface area (Å²) >= 11 is 6.40. The van der Waals surface area contributed by atoms with Gasteiger partial charge >= 0.3 is 5.97 Å². The number of Topliss-reactive ketones (excluding diaryl/α,β-unsaturated/α-hetero) is 1. The van der Waals surface area contributed by atoms with E-state index < -0.39 is 29.8 Å². The Labute approximate surface area is 284 Å². The van der Waals surface area contributed by atoms with Crippen LogP contribution < -0.4 is 5.32 Å². The van der Waals surface area contributed by atoms with Crippen molar-refractivity contribution in [3.05, 3.63) is 64.6 Å². The molecule has 1 unspecified atom stereocenters. The summed E-state index contributed by atoms with van der Waals surface area (Å²) in [5.74, 6) is -2.29. The minimum atomic E-state index is -0.712. The number of esters is 1. The van der Waals surface area contributed by atoms with Crippen molar-refractivity contribution in [1.29, 1.82) is 0 Å². The number of likely N-dealkylation sites (N-methyl/N-ethyl adjacent to an activating group) is 1. The molecule has 11 nitrogen and oxygen atoms in total. The third-order valence-corrected chi connectivity index (χ3v) is 9.37. The quantitative estimate of drug-likeness (QED) is 0.199. The van der Waals surface area contributed by atoms with E-state index in [1.165, 1.54) is 25.1 Å². The molecule has 13 heteroatoms. The van der Waals surface area contributed by atoms with Gasteiger partial charge in [-0.3, -0.25) is 24.1 Å². The van der Waals surface area contributed by atoms with Gasteiger partial charge in [-0.15, -0.1) is 0 Å². The number of amides is 2. The molecular weight excluding hydrogens is 643 g/mol. The van der Waals surface area contributed by atoms with Gasteiger partial charge in [0.2, 0.25) is 12.3 Å². The van der Waals surface area contributed by atoms with Crippen molar-refractivity contribution in [2.24, 2.45) is 13.0 Å². The number of rotatable bonds is 13. The highest BCUT2D eigenvalue weighted by Gasteiger charge is 2.32. The number of nitrogens with one attached hydrogen (secondary N) is 1. The van der Waals surface area contributed by atoms with Crippen LogP contribution in [-0.4, -0.2) is 90.9 Å². The SMILES string of the molecule is COC(=O)C1CCC(OC(OCC(=O)N(C)CC(=O)Cc2cc(Cl)c(NC(=O)c3cn(C)c4ccccc34)cc2F)N2CCCC2)CC1. The number of ketones is 1. The predicted octanol–water partition coefficient (Wildman–Crippen LogP) is 4.94. The minimum Gasteiger partial charge on any atom is -0.469 e. The molecule has 0 spiro atoms. The standard InChI is InChI=1S/C35H42ClFN4O7/c1-39-20-27(26-8-4-5-9-31(26)39)33(44)38-30-18-29(37)23(17-28(30)36)16-24(42)19-40(2)32(43)21-47-35(41-14-6-7-15-41)48-25-12-10-22(11-13-25)34(45)46-3/h4-5,8-9,17-18,20,22,25,35H,6-7,10-16,19,21H2,1-3H3,(H,38,44). The first-order chi connectivity index (χ1) is 23.0. The topological polar surface area (TPSA) is 119 Å². The Morgan fingerprint density at radius 1 is 1.08 bits per heavy atom. The van der Waals surface area contributed by atoms with E-state index in [9.17, 15) is 19.2 Å². The summed E-state index contributed by atoms with van der Waals surface area (Å²) in [6, 6.07) is 9.84. The third kappa shape index (κ3) is 8.59. The van der Waals surface area contributed by atoms with Gasteiger partial charge in [0.15, 0.2) is 5.78 Å². The number of aromatic nitrogens is 1. The van der Waals surface area contributed by atoms with E-state index in [0.717, 1.165) is 42.9 Å². The van der Waals surface area contributed by atoms with E-state index in [-0.39, 0.29) is 53.8 Å². The lowest BCUT2D eigenvalue weighted by Gasteiger charge is -2.34. The molecule has 1 aromatic heterocycles. The van der Waals surface area contributed by atoms with Gasteiger partial charge in [0.05, 0.1) is 41.9 Å². The Kier molecular flexibility index (Phi) is 11.9. The first-order valence-corrected chi connectivity index (χ1v) is 16.6. The van der Waals surface area contributed by atoms with E-state index in [4.69, 9.17) is 25.8 Å². The molecule has 48 heavy (non-hydrogen) atoms. The summed E-state index contributed by atoms with van der Waals surface area (Å²) in [5, 5.41) is 3.50. The van der Waals surface area contributed by atoms with Gasteiger partial charge in [0.25, 0.3) is 5.91 Å². The number of ether oxygens (including phenoxy) is 3. The third-order valence-electron chi connectivity index (χ3n) is 9.06. The Balaban J connectivity index is 1.12. The number of likely N-dealkylation sites (tertiary alicyclic amines) is 1. The highest BCUT2D eigenvalue weighted by Crippen LogP contribution is 2.30. The van der Waals surface area contributed by atoms with E-state index >= 15 is 4.39 Å². The van der Waals surface area contributed by atoms with Crippen molar-refractivity contribution >= 4 is 51.8 Å². The molecule has 3 aromatic rings. The molecule has 1 saturated heterocycles. The summed E-state index contributed by atoms with van der Waals surface area (Å²) in [7, 11) is 4.71. The molecule has 2 fully saturated rings. The maximum Gasteiger partial charge on any atom is 0.308 e. The molecule has 258 valence electrons. The van der Waals surface area contributed by atoms with Gasteiger partial charge in [-0.05, 0) is 62.3 Å². The van der Waals surface area contributed by atoms with Crippen LogP contribution in [0, 0.1) is 11.7 Å². The highest BCUT2D eigenvalue weighted by atomic mass is 35.5. The molecule has 5 rings (SSSR count). The molecule has 1 saturated carbocycles. The van der Waals surface area contributed by atoms with Crippen LogP contribution in [0.25, 0.3) is 10.9 Å². The number of anilines is 1.